The van der Waals surface area contributed by atoms with Crippen LogP contribution in [0.2, 0.25) is 0 Å². The van der Waals surface area contributed by atoms with Crippen LogP contribution in [-0.4, -0.2) is 25.2 Å². The Morgan fingerprint density at radius 2 is 1.79 bits per heavy atom. The van der Waals surface area contributed by atoms with Crippen molar-refractivity contribution in [1.29, 1.82) is 0 Å². The Hall–Kier alpha value is -0.870. The maximum atomic E-state index is 13.1. The van der Waals surface area contributed by atoms with Gasteiger partial charge in [-0.15, -0.1) is 0 Å². The van der Waals surface area contributed by atoms with Gasteiger partial charge in [-0.05, 0) is 49.8 Å². The van der Waals surface area contributed by atoms with Crippen LogP contribution in [0.15, 0.2) is 28.7 Å². The third-order valence-electron chi connectivity index (χ3n) is 4.97. The molecule has 0 aromatic heterocycles. The van der Waals surface area contributed by atoms with Crippen LogP contribution in [0, 0.1) is 5.92 Å². The van der Waals surface area contributed by atoms with Crippen LogP contribution < -0.4 is 5.32 Å². The second-order valence-electron chi connectivity index (χ2n) is 7.40. The van der Waals surface area contributed by atoms with Gasteiger partial charge < -0.3 is 10.1 Å². The minimum atomic E-state index is -0.453. The quantitative estimate of drug-likeness (QED) is 0.717. The molecule has 0 spiro atoms. The van der Waals surface area contributed by atoms with Crippen molar-refractivity contribution in [3.8, 4) is 0 Å². The summed E-state index contributed by atoms with van der Waals surface area (Å²) in [4.78, 5) is 13.1. The van der Waals surface area contributed by atoms with Crippen molar-refractivity contribution in [2.45, 2.75) is 64.3 Å². The van der Waals surface area contributed by atoms with E-state index < -0.39 is 5.41 Å². The fraction of sp³-hybridized carbons (Fsp3) is 0.650. The van der Waals surface area contributed by atoms with Crippen LogP contribution in [0.5, 0.6) is 0 Å². The van der Waals surface area contributed by atoms with Crippen LogP contribution in [0.25, 0.3) is 0 Å². The molecule has 2 rings (SSSR count). The molecule has 0 bridgehead atoms. The molecule has 1 saturated heterocycles. The Labute approximate surface area is 154 Å². The largest absolute Gasteiger partial charge is 0.381 e. The highest BCUT2D eigenvalue weighted by atomic mass is 79.9. The maximum Gasteiger partial charge on any atom is 0.231 e. The van der Waals surface area contributed by atoms with E-state index in [1.165, 1.54) is 6.42 Å². The molecule has 134 valence electrons. The fourth-order valence-electron chi connectivity index (χ4n) is 3.40. The summed E-state index contributed by atoms with van der Waals surface area (Å²) in [5.41, 5.74) is 0.645. The van der Waals surface area contributed by atoms with Gasteiger partial charge in [-0.1, -0.05) is 54.8 Å². The Balaban J connectivity index is 2.07. The zero-order valence-electron chi connectivity index (χ0n) is 15.1. The molecular weight excluding hydrogens is 366 g/mol. The first-order chi connectivity index (χ1) is 11.4. The zero-order chi connectivity index (χ0) is 17.6. The van der Waals surface area contributed by atoms with E-state index in [1.807, 2.05) is 12.1 Å². The molecule has 1 aliphatic rings. The standard InChI is InChI=1S/C20H30BrNO2/c1-15(2)5-4-6-16(3)22-19(23)20(11-13-24-14-12-20)17-7-9-18(21)10-8-17/h7-10,15-16H,4-6,11-14H2,1-3H3,(H,22,23). The molecule has 1 amide bonds. The van der Waals surface area contributed by atoms with Gasteiger partial charge in [0, 0.05) is 23.7 Å². The average Bonchev–Trinajstić information content (AvgIpc) is 2.55. The van der Waals surface area contributed by atoms with Gasteiger partial charge in [-0.3, -0.25) is 4.79 Å². The summed E-state index contributed by atoms with van der Waals surface area (Å²) in [6.45, 7) is 7.89. The highest BCUT2D eigenvalue weighted by molar-refractivity contribution is 9.10. The molecule has 24 heavy (non-hydrogen) atoms. The van der Waals surface area contributed by atoms with E-state index in [1.54, 1.807) is 0 Å². The van der Waals surface area contributed by atoms with Gasteiger partial charge >= 0.3 is 0 Å². The van der Waals surface area contributed by atoms with E-state index in [2.05, 4.69) is 54.2 Å². The van der Waals surface area contributed by atoms with Crippen LogP contribution in [-0.2, 0) is 14.9 Å². The molecule has 0 aliphatic carbocycles. The van der Waals surface area contributed by atoms with Crippen molar-refractivity contribution in [3.05, 3.63) is 34.3 Å². The SMILES string of the molecule is CC(C)CCCC(C)NC(=O)C1(c2ccc(Br)cc2)CCOCC1. The van der Waals surface area contributed by atoms with E-state index in [-0.39, 0.29) is 11.9 Å². The van der Waals surface area contributed by atoms with Crippen molar-refractivity contribution in [3.63, 3.8) is 0 Å². The number of amides is 1. The van der Waals surface area contributed by atoms with Crippen molar-refractivity contribution in [2.75, 3.05) is 13.2 Å². The molecule has 1 atom stereocenters. The van der Waals surface area contributed by atoms with Crippen molar-refractivity contribution < 1.29 is 9.53 Å². The number of hydrogen-bond donors (Lipinski definition) is 1. The fourth-order valence-corrected chi connectivity index (χ4v) is 3.67. The molecular formula is C20H30BrNO2. The summed E-state index contributed by atoms with van der Waals surface area (Å²) in [5.74, 6) is 0.877. The minimum Gasteiger partial charge on any atom is -0.381 e. The molecule has 3 nitrogen and oxygen atoms in total. The van der Waals surface area contributed by atoms with E-state index in [0.29, 0.717) is 13.2 Å². The van der Waals surface area contributed by atoms with Crippen LogP contribution >= 0.6 is 15.9 Å². The smallest absolute Gasteiger partial charge is 0.231 e. The van der Waals surface area contributed by atoms with Crippen molar-refractivity contribution in [2.24, 2.45) is 5.92 Å². The Bertz CT molecular complexity index is 521. The average molecular weight is 396 g/mol. The predicted molar refractivity (Wildman–Crippen MR) is 102 cm³/mol. The second-order valence-corrected chi connectivity index (χ2v) is 8.32. The normalized spacial score (nSPS) is 18.4. The second kappa shape index (κ2) is 9.00. The molecule has 0 saturated carbocycles. The van der Waals surface area contributed by atoms with Crippen LogP contribution in [0.3, 0.4) is 0 Å². The number of nitrogens with one attached hydrogen (secondary N) is 1. The van der Waals surface area contributed by atoms with E-state index in [0.717, 1.165) is 41.6 Å². The first-order valence-electron chi connectivity index (χ1n) is 9.09. The molecule has 1 aliphatic heterocycles. The molecule has 1 aromatic rings. The summed E-state index contributed by atoms with van der Waals surface area (Å²) < 4.78 is 6.56. The molecule has 1 fully saturated rings. The van der Waals surface area contributed by atoms with Gasteiger partial charge in [0.1, 0.15) is 0 Å². The minimum absolute atomic E-state index is 0.158. The third-order valence-corrected chi connectivity index (χ3v) is 5.50. The number of hydrogen-bond acceptors (Lipinski definition) is 2. The van der Waals surface area contributed by atoms with Crippen LogP contribution in [0.4, 0.5) is 0 Å². The highest BCUT2D eigenvalue weighted by Crippen LogP contribution is 2.36. The Kier molecular flexibility index (Phi) is 7.30. The van der Waals surface area contributed by atoms with Crippen molar-refractivity contribution >= 4 is 21.8 Å². The summed E-state index contributed by atoms with van der Waals surface area (Å²) in [7, 11) is 0. The predicted octanol–water partition coefficient (Wildman–Crippen LogP) is 4.83. The molecule has 1 heterocycles. The third kappa shape index (κ3) is 5.06. The van der Waals surface area contributed by atoms with Gasteiger partial charge in [-0.25, -0.2) is 0 Å². The highest BCUT2D eigenvalue weighted by Gasteiger charge is 2.41. The number of ether oxygens (including phenoxy) is 1. The maximum absolute atomic E-state index is 13.1. The molecule has 1 aromatic carbocycles. The van der Waals surface area contributed by atoms with Gasteiger partial charge in [0.2, 0.25) is 5.91 Å². The van der Waals surface area contributed by atoms with Gasteiger partial charge in [0.25, 0.3) is 0 Å². The van der Waals surface area contributed by atoms with Gasteiger partial charge in [0.05, 0.1) is 5.41 Å². The number of benzene rings is 1. The van der Waals surface area contributed by atoms with E-state index >= 15 is 0 Å². The lowest BCUT2D eigenvalue weighted by Crippen LogP contribution is -2.50. The van der Waals surface area contributed by atoms with Crippen molar-refractivity contribution in [1.82, 2.24) is 5.32 Å². The van der Waals surface area contributed by atoms with Gasteiger partial charge in [0.15, 0.2) is 0 Å². The van der Waals surface area contributed by atoms with Gasteiger partial charge in [-0.2, -0.15) is 0 Å². The monoisotopic (exact) mass is 395 g/mol. The lowest BCUT2D eigenvalue weighted by Gasteiger charge is -2.37. The number of carbonyl (C=O) groups is 1. The molecule has 1 unspecified atom stereocenters. The number of rotatable bonds is 7. The topological polar surface area (TPSA) is 38.3 Å². The van der Waals surface area contributed by atoms with Crippen LogP contribution in [0.1, 0.15) is 58.4 Å². The first-order valence-corrected chi connectivity index (χ1v) is 9.88. The lowest BCUT2D eigenvalue weighted by atomic mass is 9.73. The zero-order valence-corrected chi connectivity index (χ0v) is 16.7. The Morgan fingerprint density at radius 1 is 1.17 bits per heavy atom. The van der Waals surface area contributed by atoms with E-state index in [9.17, 15) is 4.79 Å². The molecule has 4 heteroatoms. The summed E-state index contributed by atoms with van der Waals surface area (Å²) in [5, 5.41) is 3.27. The first kappa shape index (κ1) is 19.5. The summed E-state index contributed by atoms with van der Waals surface area (Å²) >= 11 is 3.48. The molecule has 0 radical (unpaired) electrons. The number of carbonyl (C=O) groups excluding carboxylic acids is 1. The van der Waals surface area contributed by atoms with E-state index in [4.69, 9.17) is 4.74 Å². The molecule has 1 N–H and O–H groups in total. The Morgan fingerprint density at radius 3 is 2.38 bits per heavy atom. The summed E-state index contributed by atoms with van der Waals surface area (Å²) in [6.07, 6.45) is 4.91. The lowest BCUT2D eigenvalue weighted by molar-refractivity contribution is -0.131. The summed E-state index contributed by atoms with van der Waals surface area (Å²) in [6, 6.07) is 8.39. The number of halogens is 1.